The fourth-order valence-electron chi connectivity index (χ4n) is 3.75. The minimum Gasteiger partial charge on any atom is -0.339 e. The summed E-state index contributed by atoms with van der Waals surface area (Å²) >= 11 is 0. The van der Waals surface area contributed by atoms with Crippen molar-refractivity contribution in [3.8, 4) is 0 Å². The maximum Gasteiger partial charge on any atom is 0.225 e. The molecule has 2 heterocycles. The van der Waals surface area contributed by atoms with Gasteiger partial charge in [-0.1, -0.05) is 6.42 Å². The van der Waals surface area contributed by atoms with E-state index in [-0.39, 0.29) is 23.7 Å². The van der Waals surface area contributed by atoms with Gasteiger partial charge in [-0.15, -0.1) is 0 Å². The third kappa shape index (κ3) is 3.74. The Labute approximate surface area is 144 Å². The lowest BCUT2D eigenvalue weighted by Crippen LogP contribution is -2.54. The molecule has 8 heteroatoms. The molecule has 3 aliphatic rings. The molecule has 2 amide bonds. The Balaban J connectivity index is 1.46. The summed E-state index contributed by atoms with van der Waals surface area (Å²) in [6, 6.07) is 0. The molecule has 0 aromatic heterocycles. The van der Waals surface area contributed by atoms with E-state index < -0.39 is 10.0 Å². The standard InChI is InChI=1S/C16H27N3O4S/c1-24(22,23)19-7-5-14(6-8-19)16(21)18-11-9-17(10-12-18)15(20)13-3-2-4-13/h13-14H,2-12H2,1H3. The third-order valence-corrected chi connectivity index (χ3v) is 6.93. The summed E-state index contributed by atoms with van der Waals surface area (Å²) in [4.78, 5) is 28.6. The number of piperidine rings is 1. The molecule has 3 rings (SSSR count). The van der Waals surface area contributed by atoms with Gasteiger partial charge in [0.2, 0.25) is 21.8 Å². The fourth-order valence-corrected chi connectivity index (χ4v) is 4.63. The maximum atomic E-state index is 12.6. The van der Waals surface area contributed by atoms with Gasteiger partial charge in [-0.2, -0.15) is 0 Å². The van der Waals surface area contributed by atoms with E-state index in [4.69, 9.17) is 0 Å². The van der Waals surface area contributed by atoms with E-state index >= 15 is 0 Å². The summed E-state index contributed by atoms with van der Waals surface area (Å²) in [6.45, 7) is 3.31. The van der Waals surface area contributed by atoms with Crippen LogP contribution in [0.15, 0.2) is 0 Å². The SMILES string of the molecule is CS(=O)(=O)N1CCC(C(=O)N2CCN(C(=O)C3CCC3)CC2)CC1. The van der Waals surface area contributed by atoms with Gasteiger partial charge in [0.25, 0.3) is 0 Å². The molecule has 0 spiro atoms. The lowest BCUT2D eigenvalue weighted by Gasteiger charge is -2.40. The molecule has 136 valence electrons. The lowest BCUT2D eigenvalue weighted by atomic mass is 9.84. The topological polar surface area (TPSA) is 78.0 Å². The van der Waals surface area contributed by atoms with Crippen LogP contribution in [0.3, 0.4) is 0 Å². The number of nitrogens with zero attached hydrogens (tertiary/aromatic N) is 3. The van der Waals surface area contributed by atoms with Gasteiger partial charge in [-0.3, -0.25) is 9.59 Å². The Morgan fingerprint density at radius 1 is 0.750 bits per heavy atom. The van der Waals surface area contributed by atoms with E-state index in [0.29, 0.717) is 52.1 Å². The van der Waals surface area contributed by atoms with E-state index in [0.717, 1.165) is 19.3 Å². The molecular weight excluding hydrogens is 330 g/mol. The summed E-state index contributed by atoms with van der Waals surface area (Å²) in [7, 11) is -3.16. The molecule has 0 aromatic rings. The highest BCUT2D eigenvalue weighted by Gasteiger charge is 2.35. The summed E-state index contributed by atoms with van der Waals surface area (Å²) in [5.74, 6) is 0.512. The predicted molar refractivity (Wildman–Crippen MR) is 89.6 cm³/mol. The molecular formula is C16H27N3O4S. The molecule has 24 heavy (non-hydrogen) atoms. The van der Waals surface area contributed by atoms with Gasteiger partial charge < -0.3 is 9.80 Å². The van der Waals surface area contributed by atoms with Crippen molar-refractivity contribution in [1.82, 2.24) is 14.1 Å². The van der Waals surface area contributed by atoms with E-state index in [1.54, 1.807) is 0 Å². The Kier molecular flexibility index (Phi) is 5.15. The number of rotatable bonds is 3. The van der Waals surface area contributed by atoms with Crippen molar-refractivity contribution >= 4 is 21.8 Å². The number of amides is 2. The highest BCUT2D eigenvalue weighted by atomic mass is 32.2. The third-order valence-electron chi connectivity index (χ3n) is 5.63. The van der Waals surface area contributed by atoms with Crippen LogP contribution in [0.5, 0.6) is 0 Å². The van der Waals surface area contributed by atoms with Gasteiger partial charge in [-0.05, 0) is 25.7 Å². The molecule has 0 radical (unpaired) electrons. The van der Waals surface area contributed by atoms with Crippen LogP contribution >= 0.6 is 0 Å². The minimum atomic E-state index is -3.16. The second kappa shape index (κ2) is 7.00. The van der Waals surface area contributed by atoms with Gasteiger partial charge in [0, 0.05) is 51.1 Å². The number of sulfonamides is 1. The first kappa shape index (κ1) is 17.7. The van der Waals surface area contributed by atoms with Crippen LogP contribution in [0.25, 0.3) is 0 Å². The van der Waals surface area contributed by atoms with Gasteiger partial charge in [0.1, 0.15) is 0 Å². The Hall–Kier alpha value is -1.15. The Bertz CT molecular complexity index is 586. The van der Waals surface area contributed by atoms with Crippen LogP contribution in [0.1, 0.15) is 32.1 Å². The van der Waals surface area contributed by atoms with Crippen molar-refractivity contribution < 1.29 is 18.0 Å². The quantitative estimate of drug-likeness (QED) is 0.719. The van der Waals surface area contributed by atoms with Crippen LogP contribution in [0.4, 0.5) is 0 Å². The van der Waals surface area contributed by atoms with Crippen molar-refractivity contribution in [2.75, 3.05) is 45.5 Å². The molecule has 1 saturated carbocycles. The number of piperazine rings is 1. The largest absolute Gasteiger partial charge is 0.339 e. The molecule has 0 bridgehead atoms. The van der Waals surface area contributed by atoms with Crippen molar-refractivity contribution in [3.63, 3.8) is 0 Å². The number of carbonyl (C=O) groups excluding carboxylic acids is 2. The summed E-state index contributed by atoms with van der Waals surface area (Å²) < 4.78 is 24.5. The molecule has 0 atom stereocenters. The Morgan fingerprint density at radius 3 is 1.50 bits per heavy atom. The second-order valence-electron chi connectivity index (χ2n) is 7.21. The smallest absolute Gasteiger partial charge is 0.225 e. The average molecular weight is 357 g/mol. The van der Waals surface area contributed by atoms with Crippen LogP contribution in [-0.4, -0.2) is 79.9 Å². The highest BCUT2D eigenvalue weighted by Crippen LogP contribution is 2.29. The highest BCUT2D eigenvalue weighted by molar-refractivity contribution is 7.88. The van der Waals surface area contributed by atoms with E-state index in [9.17, 15) is 18.0 Å². The summed E-state index contributed by atoms with van der Waals surface area (Å²) in [5, 5.41) is 0. The molecule has 2 saturated heterocycles. The normalized spacial score (nSPS) is 24.7. The van der Waals surface area contributed by atoms with Crippen LogP contribution in [0, 0.1) is 11.8 Å². The lowest BCUT2D eigenvalue weighted by molar-refractivity contribution is -0.146. The molecule has 0 N–H and O–H groups in total. The number of hydrogen-bond donors (Lipinski definition) is 0. The zero-order chi connectivity index (χ0) is 17.3. The van der Waals surface area contributed by atoms with Crippen molar-refractivity contribution in [2.24, 2.45) is 11.8 Å². The zero-order valence-corrected chi connectivity index (χ0v) is 15.1. The maximum absolute atomic E-state index is 12.6. The van der Waals surface area contributed by atoms with Gasteiger partial charge >= 0.3 is 0 Å². The van der Waals surface area contributed by atoms with E-state index in [2.05, 4.69) is 0 Å². The average Bonchev–Trinajstić information content (AvgIpc) is 2.52. The van der Waals surface area contributed by atoms with E-state index in [1.807, 2.05) is 9.80 Å². The Morgan fingerprint density at radius 2 is 1.17 bits per heavy atom. The molecule has 3 fully saturated rings. The number of hydrogen-bond acceptors (Lipinski definition) is 4. The first-order valence-corrected chi connectivity index (χ1v) is 10.7. The molecule has 0 aromatic carbocycles. The molecule has 0 unspecified atom stereocenters. The number of carbonyl (C=O) groups is 2. The first-order chi connectivity index (χ1) is 11.4. The predicted octanol–water partition coefficient (Wildman–Crippen LogP) is 0.129. The summed E-state index contributed by atoms with van der Waals surface area (Å²) in [5.41, 5.74) is 0. The summed E-state index contributed by atoms with van der Waals surface area (Å²) in [6.07, 6.45) is 5.57. The fraction of sp³-hybridized carbons (Fsp3) is 0.875. The molecule has 2 aliphatic heterocycles. The minimum absolute atomic E-state index is 0.0862. The monoisotopic (exact) mass is 357 g/mol. The van der Waals surface area contributed by atoms with Crippen LogP contribution in [0.2, 0.25) is 0 Å². The van der Waals surface area contributed by atoms with Gasteiger partial charge in [0.05, 0.1) is 6.26 Å². The van der Waals surface area contributed by atoms with Crippen molar-refractivity contribution in [2.45, 2.75) is 32.1 Å². The molecule has 1 aliphatic carbocycles. The van der Waals surface area contributed by atoms with Crippen LogP contribution < -0.4 is 0 Å². The van der Waals surface area contributed by atoms with Crippen molar-refractivity contribution in [1.29, 1.82) is 0 Å². The van der Waals surface area contributed by atoms with Crippen molar-refractivity contribution in [3.05, 3.63) is 0 Å². The van der Waals surface area contributed by atoms with Crippen LogP contribution in [-0.2, 0) is 19.6 Å². The second-order valence-corrected chi connectivity index (χ2v) is 9.20. The molecule has 7 nitrogen and oxygen atoms in total. The zero-order valence-electron chi connectivity index (χ0n) is 14.3. The first-order valence-electron chi connectivity index (χ1n) is 8.89. The van der Waals surface area contributed by atoms with Gasteiger partial charge in [-0.25, -0.2) is 12.7 Å². The van der Waals surface area contributed by atoms with E-state index in [1.165, 1.54) is 10.6 Å². The van der Waals surface area contributed by atoms with Gasteiger partial charge in [0.15, 0.2) is 0 Å².